The average molecular weight is 289 g/mol. The monoisotopic (exact) mass is 289 g/mol. The van der Waals surface area contributed by atoms with Gasteiger partial charge in [0, 0.05) is 26.1 Å². The molecule has 0 aliphatic rings. The molecular formula is C15H31NO4. The Morgan fingerprint density at radius 1 is 1.15 bits per heavy atom. The summed E-state index contributed by atoms with van der Waals surface area (Å²) in [5.41, 5.74) is 0. The number of ether oxygens (including phenoxy) is 3. The fourth-order valence-corrected chi connectivity index (χ4v) is 1.48. The van der Waals surface area contributed by atoms with Gasteiger partial charge in [-0.1, -0.05) is 6.92 Å². The second kappa shape index (κ2) is 13.3. The van der Waals surface area contributed by atoms with Gasteiger partial charge >= 0.3 is 5.97 Å². The second-order valence-corrected chi connectivity index (χ2v) is 4.91. The van der Waals surface area contributed by atoms with Gasteiger partial charge in [-0.05, 0) is 27.3 Å². The van der Waals surface area contributed by atoms with Gasteiger partial charge in [-0.2, -0.15) is 0 Å². The van der Waals surface area contributed by atoms with Crippen molar-refractivity contribution in [2.45, 2.75) is 46.1 Å². The van der Waals surface area contributed by atoms with Crippen LogP contribution in [0.1, 0.15) is 40.0 Å². The van der Waals surface area contributed by atoms with Crippen LogP contribution < -0.4 is 0 Å². The number of hydrogen-bond acceptors (Lipinski definition) is 5. The third-order valence-corrected chi connectivity index (χ3v) is 3.05. The third kappa shape index (κ3) is 12.4. The summed E-state index contributed by atoms with van der Waals surface area (Å²) in [7, 11) is 1.98. The van der Waals surface area contributed by atoms with Crippen LogP contribution in [0.25, 0.3) is 0 Å². The van der Waals surface area contributed by atoms with Gasteiger partial charge in [0.25, 0.3) is 0 Å². The molecule has 0 saturated heterocycles. The number of likely N-dealkylation sites (N-methyl/N-ethyl adjacent to an activating group) is 1. The number of rotatable bonds is 13. The van der Waals surface area contributed by atoms with E-state index in [1.54, 1.807) is 0 Å². The van der Waals surface area contributed by atoms with Crippen molar-refractivity contribution in [3.63, 3.8) is 0 Å². The summed E-state index contributed by atoms with van der Waals surface area (Å²) < 4.78 is 15.9. The largest absolute Gasteiger partial charge is 0.466 e. The molecule has 0 aromatic carbocycles. The number of esters is 1. The highest BCUT2D eigenvalue weighted by Crippen LogP contribution is 1.98. The van der Waals surface area contributed by atoms with Crippen LogP contribution in [0, 0.1) is 0 Å². The van der Waals surface area contributed by atoms with Gasteiger partial charge in [0.15, 0.2) is 0 Å². The number of nitrogens with zero attached hydrogens (tertiary/aromatic N) is 1. The van der Waals surface area contributed by atoms with Crippen molar-refractivity contribution in [2.24, 2.45) is 0 Å². The van der Waals surface area contributed by atoms with Crippen molar-refractivity contribution >= 4 is 5.97 Å². The molecule has 0 saturated carbocycles. The molecule has 0 aromatic rings. The quantitative estimate of drug-likeness (QED) is 0.384. The smallest absolute Gasteiger partial charge is 0.307 e. The van der Waals surface area contributed by atoms with E-state index in [1.165, 1.54) is 0 Å². The van der Waals surface area contributed by atoms with Crippen LogP contribution in [0.2, 0.25) is 0 Å². The molecule has 0 spiro atoms. The molecule has 5 nitrogen and oxygen atoms in total. The van der Waals surface area contributed by atoms with E-state index in [-0.39, 0.29) is 12.1 Å². The lowest BCUT2D eigenvalue weighted by Crippen LogP contribution is -2.26. The summed E-state index contributed by atoms with van der Waals surface area (Å²) in [5, 5.41) is 0. The van der Waals surface area contributed by atoms with E-state index < -0.39 is 0 Å². The number of carbonyl (C=O) groups excluding carboxylic acids is 1. The molecule has 1 atom stereocenters. The maximum Gasteiger partial charge on any atom is 0.307 e. The Morgan fingerprint density at radius 3 is 2.55 bits per heavy atom. The lowest BCUT2D eigenvalue weighted by molar-refractivity contribution is -0.144. The minimum Gasteiger partial charge on any atom is -0.466 e. The first kappa shape index (κ1) is 19.4. The molecule has 0 amide bonds. The Kier molecular flexibility index (Phi) is 12.9. The highest BCUT2D eigenvalue weighted by Gasteiger charge is 2.06. The Labute approximate surface area is 123 Å². The van der Waals surface area contributed by atoms with Crippen molar-refractivity contribution in [2.75, 3.05) is 46.6 Å². The average Bonchev–Trinajstić information content (AvgIpc) is 2.44. The molecule has 5 heteroatoms. The fraction of sp³-hybridized carbons (Fsp3) is 0.933. The molecule has 0 bridgehead atoms. The molecule has 1 unspecified atom stereocenters. The summed E-state index contributed by atoms with van der Waals surface area (Å²) >= 11 is 0. The highest BCUT2D eigenvalue weighted by atomic mass is 16.5. The van der Waals surface area contributed by atoms with Gasteiger partial charge in [0.1, 0.15) is 0 Å². The van der Waals surface area contributed by atoms with Crippen molar-refractivity contribution < 1.29 is 19.0 Å². The van der Waals surface area contributed by atoms with Crippen LogP contribution in [0.5, 0.6) is 0 Å². The first-order valence-corrected chi connectivity index (χ1v) is 7.63. The zero-order chi connectivity index (χ0) is 15.2. The summed E-state index contributed by atoms with van der Waals surface area (Å²) in [6.45, 7) is 10.2. The molecule has 0 aliphatic heterocycles. The minimum absolute atomic E-state index is 0.142. The van der Waals surface area contributed by atoms with Crippen molar-refractivity contribution in [3.8, 4) is 0 Å². The lowest BCUT2D eigenvalue weighted by Gasteiger charge is -2.15. The summed E-state index contributed by atoms with van der Waals surface area (Å²) in [6, 6.07) is 0. The van der Waals surface area contributed by atoms with Crippen LogP contribution in [0.15, 0.2) is 0 Å². The van der Waals surface area contributed by atoms with E-state index in [0.717, 1.165) is 26.0 Å². The molecule has 0 fully saturated rings. The van der Waals surface area contributed by atoms with Crippen molar-refractivity contribution in [3.05, 3.63) is 0 Å². The van der Waals surface area contributed by atoms with Crippen molar-refractivity contribution in [1.82, 2.24) is 4.90 Å². The standard InChI is InChI=1S/C15H31NO4/c1-5-14(3)19-11-7-12-20-15(17)8-9-16(4)10-13-18-6-2/h14H,5-13H2,1-4H3. The molecule has 0 aliphatic carbocycles. The maximum atomic E-state index is 11.5. The van der Waals surface area contributed by atoms with Gasteiger partial charge in [0.2, 0.25) is 0 Å². The van der Waals surface area contributed by atoms with Gasteiger partial charge in [0.05, 0.1) is 32.3 Å². The molecule has 0 N–H and O–H groups in total. The third-order valence-electron chi connectivity index (χ3n) is 3.05. The fourth-order valence-electron chi connectivity index (χ4n) is 1.48. The summed E-state index contributed by atoms with van der Waals surface area (Å²) in [6.07, 6.45) is 2.48. The van der Waals surface area contributed by atoms with Gasteiger partial charge in [-0.15, -0.1) is 0 Å². The Morgan fingerprint density at radius 2 is 1.90 bits per heavy atom. The Hall–Kier alpha value is -0.650. The molecule has 0 rings (SSSR count). The van der Waals surface area contributed by atoms with Gasteiger partial charge in [-0.3, -0.25) is 4.79 Å². The molecule has 0 radical (unpaired) electrons. The van der Waals surface area contributed by atoms with E-state index in [0.29, 0.717) is 32.8 Å². The minimum atomic E-state index is -0.142. The Bertz CT molecular complexity index is 236. The Balaban J connectivity index is 3.40. The van der Waals surface area contributed by atoms with Gasteiger partial charge < -0.3 is 19.1 Å². The zero-order valence-electron chi connectivity index (χ0n) is 13.5. The van der Waals surface area contributed by atoms with Crippen LogP contribution in [-0.2, 0) is 19.0 Å². The van der Waals surface area contributed by atoms with E-state index in [2.05, 4.69) is 11.8 Å². The first-order valence-electron chi connectivity index (χ1n) is 7.63. The second-order valence-electron chi connectivity index (χ2n) is 4.91. The lowest BCUT2D eigenvalue weighted by atomic mass is 10.3. The molecule has 120 valence electrons. The maximum absolute atomic E-state index is 11.5. The predicted octanol–water partition coefficient (Wildman–Crippen LogP) is 2.09. The van der Waals surface area contributed by atoms with Crippen LogP contribution in [0.4, 0.5) is 0 Å². The van der Waals surface area contributed by atoms with Crippen LogP contribution in [0.3, 0.4) is 0 Å². The molecule has 0 aromatic heterocycles. The first-order chi connectivity index (χ1) is 9.60. The van der Waals surface area contributed by atoms with Gasteiger partial charge in [-0.25, -0.2) is 0 Å². The van der Waals surface area contributed by atoms with E-state index >= 15 is 0 Å². The molecule has 20 heavy (non-hydrogen) atoms. The topological polar surface area (TPSA) is 48.0 Å². The molecular weight excluding hydrogens is 258 g/mol. The predicted molar refractivity (Wildman–Crippen MR) is 79.9 cm³/mol. The summed E-state index contributed by atoms with van der Waals surface area (Å²) in [4.78, 5) is 13.6. The summed E-state index contributed by atoms with van der Waals surface area (Å²) in [5.74, 6) is -0.142. The number of hydrogen-bond donors (Lipinski definition) is 0. The van der Waals surface area contributed by atoms with E-state index in [4.69, 9.17) is 14.2 Å². The normalized spacial score (nSPS) is 12.7. The van der Waals surface area contributed by atoms with Crippen LogP contribution in [-0.4, -0.2) is 63.5 Å². The SMILES string of the molecule is CCOCCN(C)CCC(=O)OCCCOC(C)CC. The molecule has 0 heterocycles. The number of carbonyl (C=O) groups is 1. The highest BCUT2D eigenvalue weighted by molar-refractivity contribution is 5.69. The van der Waals surface area contributed by atoms with Crippen molar-refractivity contribution in [1.29, 1.82) is 0 Å². The van der Waals surface area contributed by atoms with E-state index in [1.807, 2.05) is 20.9 Å². The van der Waals surface area contributed by atoms with E-state index in [9.17, 15) is 4.79 Å². The van der Waals surface area contributed by atoms with Crippen LogP contribution >= 0.6 is 0 Å². The zero-order valence-corrected chi connectivity index (χ0v) is 13.5.